The summed E-state index contributed by atoms with van der Waals surface area (Å²) < 4.78 is 5.15. The van der Waals surface area contributed by atoms with Gasteiger partial charge in [-0.15, -0.1) is 0 Å². The number of carbonyl (C=O) groups excluding carboxylic acids is 1. The minimum absolute atomic E-state index is 0.0692. The molecule has 0 N–H and O–H groups in total. The van der Waals surface area contributed by atoms with Gasteiger partial charge in [-0.1, -0.05) is 168 Å². The van der Waals surface area contributed by atoms with Crippen molar-refractivity contribution >= 4 is 5.97 Å². The maximum Gasteiger partial charge on any atom is 0.310 e. The SMILES string of the molecule is CCCCC/C=C/OC(=O)CCCCCCCCCCCCCCCCCCCCCCCCC. The monoisotopic (exact) mass is 492 g/mol. The van der Waals surface area contributed by atoms with Crippen molar-refractivity contribution in [1.29, 1.82) is 0 Å². The molecular formula is C33H64O2. The predicted molar refractivity (Wildman–Crippen MR) is 156 cm³/mol. The molecule has 0 aliphatic rings. The van der Waals surface area contributed by atoms with E-state index in [1.165, 1.54) is 154 Å². The van der Waals surface area contributed by atoms with Gasteiger partial charge in [-0.3, -0.25) is 4.79 Å². The molecule has 0 spiro atoms. The van der Waals surface area contributed by atoms with Gasteiger partial charge in [0, 0.05) is 6.42 Å². The summed E-state index contributed by atoms with van der Waals surface area (Å²) in [6.45, 7) is 4.50. The summed E-state index contributed by atoms with van der Waals surface area (Å²) in [7, 11) is 0. The first-order valence-corrected chi connectivity index (χ1v) is 16.2. The normalized spacial score (nSPS) is 11.5. The highest BCUT2D eigenvalue weighted by atomic mass is 16.5. The van der Waals surface area contributed by atoms with Crippen molar-refractivity contribution in [3.05, 3.63) is 12.3 Å². The molecule has 0 bridgehead atoms. The van der Waals surface area contributed by atoms with Crippen LogP contribution in [0.1, 0.15) is 194 Å². The van der Waals surface area contributed by atoms with Crippen LogP contribution in [0.2, 0.25) is 0 Å². The van der Waals surface area contributed by atoms with Crippen molar-refractivity contribution in [3.8, 4) is 0 Å². The molecule has 0 aliphatic carbocycles. The smallest absolute Gasteiger partial charge is 0.310 e. The van der Waals surface area contributed by atoms with Crippen molar-refractivity contribution in [2.45, 2.75) is 194 Å². The Bertz CT molecular complexity index is 429. The number of hydrogen-bond acceptors (Lipinski definition) is 2. The Morgan fingerprint density at radius 3 is 1.14 bits per heavy atom. The van der Waals surface area contributed by atoms with E-state index in [1.54, 1.807) is 6.26 Å². The Morgan fingerprint density at radius 2 is 0.771 bits per heavy atom. The van der Waals surface area contributed by atoms with Crippen LogP contribution in [0.4, 0.5) is 0 Å². The first-order valence-electron chi connectivity index (χ1n) is 16.2. The molecule has 35 heavy (non-hydrogen) atoms. The van der Waals surface area contributed by atoms with Crippen molar-refractivity contribution in [2.24, 2.45) is 0 Å². The lowest BCUT2D eigenvalue weighted by atomic mass is 10.0. The second kappa shape index (κ2) is 31.2. The lowest BCUT2D eigenvalue weighted by molar-refractivity contribution is -0.138. The number of allylic oxidation sites excluding steroid dienone is 1. The standard InChI is InChI=1S/C33H64O2/c1-3-5-7-9-10-11-12-13-14-15-16-17-18-19-20-21-22-23-24-25-26-27-29-31-33(34)35-32-30-28-8-6-4-2/h30,32H,3-29,31H2,1-2H3/b32-30+. The topological polar surface area (TPSA) is 26.3 Å². The van der Waals surface area contributed by atoms with E-state index in [0.717, 1.165) is 19.3 Å². The molecule has 0 atom stereocenters. The number of ether oxygens (including phenoxy) is 1. The number of unbranched alkanes of at least 4 members (excludes halogenated alkanes) is 25. The highest BCUT2D eigenvalue weighted by Crippen LogP contribution is 2.15. The van der Waals surface area contributed by atoms with Gasteiger partial charge in [0.05, 0.1) is 6.26 Å². The lowest BCUT2D eigenvalue weighted by Crippen LogP contribution is -1.98. The van der Waals surface area contributed by atoms with Crippen LogP contribution in [0, 0.1) is 0 Å². The summed E-state index contributed by atoms with van der Waals surface area (Å²) in [6.07, 6.45) is 40.9. The van der Waals surface area contributed by atoms with Gasteiger partial charge >= 0.3 is 5.97 Å². The summed E-state index contributed by atoms with van der Waals surface area (Å²) in [5.74, 6) is -0.0692. The number of hydrogen-bond donors (Lipinski definition) is 0. The molecule has 0 rings (SSSR count). The van der Waals surface area contributed by atoms with Gasteiger partial charge in [-0.25, -0.2) is 0 Å². The molecule has 0 aromatic rings. The minimum atomic E-state index is -0.0692. The molecule has 0 radical (unpaired) electrons. The van der Waals surface area contributed by atoms with Crippen molar-refractivity contribution in [3.63, 3.8) is 0 Å². The van der Waals surface area contributed by atoms with Gasteiger partial charge in [-0.05, 0) is 25.3 Å². The molecule has 0 aliphatic heterocycles. The van der Waals surface area contributed by atoms with Gasteiger partial charge in [-0.2, -0.15) is 0 Å². The van der Waals surface area contributed by atoms with Gasteiger partial charge in [0.1, 0.15) is 0 Å². The van der Waals surface area contributed by atoms with E-state index in [4.69, 9.17) is 4.74 Å². The van der Waals surface area contributed by atoms with Crippen LogP contribution in [0.5, 0.6) is 0 Å². The molecule has 0 aromatic carbocycles. The maximum absolute atomic E-state index is 11.7. The second-order valence-electron chi connectivity index (χ2n) is 10.9. The van der Waals surface area contributed by atoms with E-state index in [0.29, 0.717) is 6.42 Å². The predicted octanol–water partition coefficient (Wildman–Crippen LogP) is 12.0. The number of carbonyl (C=O) groups is 1. The van der Waals surface area contributed by atoms with Crippen LogP contribution in [0.25, 0.3) is 0 Å². The van der Waals surface area contributed by atoms with Gasteiger partial charge in [0.2, 0.25) is 0 Å². The molecule has 0 saturated carbocycles. The van der Waals surface area contributed by atoms with Crippen LogP contribution < -0.4 is 0 Å². The van der Waals surface area contributed by atoms with Crippen molar-refractivity contribution in [1.82, 2.24) is 0 Å². The summed E-state index contributed by atoms with van der Waals surface area (Å²) in [5.41, 5.74) is 0. The Morgan fingerprint density at radius 1 is 0.457 bits per heavy atom. The maximum atomic E-state index is 11.7. The van der Waals surface area contributed by atoms with Crippen molar-refractivity contribution in [2.75, 3.05) is 0 Å². The van der Waals surface area contributed by atoms with Crippen LogP contribution in [-0.2, 0) is 9.53 Å². The largest absolute Gasteiger partial charge is 0.435 e. The molecule has 0 saturated heterocycles. The molecule has 0 aromatic heterocycles. The Balaban J connectivity index is 3.12. The average molecular weight is 493 g/mol. The second-order valence-corrected chi connectivity index (χ2v) is 10.9. The molecular weight excluding hydrogens is 428 g/mol. The first kappa shape index (κ1) is 34.2. The number of rotatable bonds is 29. The van der Waals surface area contributed by atoms with Crippen LogP contribution in [0.15, 0.2) is 12.3 Å². The molecule has 0 fully saturated rings. The fraction of sp³-hybridized carbons (Fsp3) is 0.909. The molecule has 0 amide bonds. The van der Waals surface area contributed by atoms with E-state index >= 15 is 0 Å². The first-order chi connectivity index (χ1) is 17.3. The third-order valence-electron chi connectivity index (χ3n) is 7.25. The van der Waals surface area contributed by atoms with Crippen LogP contribution in [0.3, 0.4) is 0 Å². The van der Waals surface area contributed by atoms with Gasteiger partial charge < -0.3 is 4.74 Å². The lowest BCUT2D eigenvalue weighted by Gasteiger charge is -2.04. The quantitative estimate of drug-likeness (QED) is 0.0589. The minimum Gasteiger partial charge on any atom is -0.435 e. The summed E-state index contributed by atoms with van der Waals surface area (Å²) in [6, 6.07) is 0. The summed E-state index contributed by atoms with van der Waals surface area (Å²) in [4.78, 5) is 11.7. The van der Waals surface area contributed by atoms with E-state index in [-0.39, 0.29) is 5.97 Å². The number of esters is 1. The molecule has 2 nitrogen and oxygen atoms in total. The zero-order valence-corrected chi connectivity index (χ0v) is 24.3. The third-order valence-corrected chi connectivity index (χ3v) is 7.25. The molecule has 2 heteroatoms. The van der Waals surface area contributed by atoms with Gasteiger partial charge in [0.15, 0.2) is 0 Å². The average Bonchev–Trinajstić information content (AvgIpc) is 2.86. The van der Waals surface area contributed by atoms with Gasteiger partial charge in [0.25, 0.3) is 0 Å². The molecule has 0 unspecified atom stereocenters. The van der Waals surface area contributed by atoms with Crippen LogP contribution >= 0.6 is 0 Å². The fourth-order valence-electron chi connectivity index (χ4n) is 4.82. The Kier molecular flexibility index (Phi) is 30.5. The molecule has 208 valence electrons. The van der Waals surface area contributed by atoms with Crippen molar-refractivity contribution < 1.29 is 9.53 Å². The van der Waals surface area contributed by atoms with E-state index in [2.05, 4.69) is 13.8 Å². The fourth-order valence-corrected chi connectivity index (χ4v) is 4.82. The summed E-state index contributed by atoms with van der Waals surface area (Å²) >= 11 is 0. The van der Waals surface area contributed by atoms with E-state index in [9.17, 15) is 4.79 Å². The van der Waals surface area contributed by atoms with E-state index < -0.39 is 0 Å². The van der Waals surface area contributed by atoms with E-state index in [1.807, 2.05) is 6.08 Å². The highest BCUT2D eigenvalue weighted by molar-refractivity contribution is 5.69. The Hall–Kier alpha value is -0.790. The molecule has 0 heterocycles. The summed E-state index contributed by atoms with van der Waals surface area (Å²) in [5, 5.41) is 0. The zero-order valence-electron chi connectivity index (χ0n) is 24.3. The zero-order chi connectivity index (χ0) is 25.5. The third kappa shape index (κ3) is 31.2. The highest BCUT2D eigenvalue weighted by Gasteiger charge is 2.01. The van der Waals surface area contributed by atoms with Crippen LogP contribution in [-0.4, -0.2) is 5.97 Å². The Labute approximate surface area is 221 Å².